The van der Waals surface area contributed by atoms with Crippen molar-refractivity contribution in [1.82, 2.24) is 10.2 Å². The molecule has 0 aliphatic heterocycles. The highest BCUT2D eigenvalue weighted by atomic mass is 15.3. The molecular formula is C8H13N5. The standard InChI is InChI=1S/C8H13N5/c1-8(2,3)6-5(4-9)7(11-10)13-12-6/h10H2,1-3H3,(H2,11,12,13). The Kier molecular flexibility index (Phi) is 2.26. The summed E-state index contributed by atoms with van der Waals surface area (Å²) in [6, 6.07) is 2.07. The molecule has 0 aliphatic rings. The number of anilines is 1. The minimum Gasteiger partial charge on any atom is -0.306 e. The van der Waals surface area contributed by atoms with E-state index in [1.807, 2.05) is 20.8 Å². The maximum absolute atomic E-state index is 8.88. The van der Waals surface area contributed by atoms with Crippen LogP contribution in [-0.4, -0.2) is 10.2 Å². The molecule has 13 heavy (non-hydrogen) atoms. The zero-order chi connectivity index (χ0) is 10.1. The molecule has 0 atom stereocenters. The van der Waals surface area contributed by atoms with Gasteiger partial charge in [-0.15, -0.1) is 0 Å². The number of nitrogens with one attached hydrogen (secondary N) is 2. The SMILES string of the molecule is CC(C)(C)c1[nH]nc(NN)c1C#N. The summed E-state index contributed by atoms with van der Waals surface area (Å²) >= 11 is 0. The highest BCUT2D eigenvalue weighted by Crippen LogP contribution is 2.26. The quantitative estimate of drug-likeness (QED) is 0.440. The summed E-state index contributed by atoms with van der Waals surface area (Å²) in [6.45, 7) is 6.00. The lowest BCUT2D eigenvalue weighted by molar-refractivity contribution is 0.565. The van der Waals surface area contributed by atoms with E-state index in [4.69, 9.17) is 11.1 Å². The van der Waals surface area contributed by atoms with Crippen LogP contribution in [0.5, 0.6) is 0 Å². The van der Waals surface area contributed by atoms with Gasteiger partial charge in [0.1, 0.15) is 11.6 Å². The van der Waals surface area contributed by atoms with Gasteiger partial charge in [0.15, 0.2) is 5.82 Å². The van der Waals surface area contributed by atoms with Crippen molar-refractivity contribution in [2.75, 3.05) is 5.43 Å². The fraction of sp³-hybridized carbons (Fsp3) is 0.500. The van der Waals surface area contributed by atoms with Crippen molar-refractivity contribution in [2.45, 2.75) is 26.2 Å². The van der Waals surface area contributed by atoms with Crippen LogP contribution in [0, 0.1) is 11.3 Å². The Morgan fingerprint density at radius 3 is 2.54 bits per heavy atom. The van der Waals surface area contributed by atoms with Crippen molar-refractivity contribution in [1.29, 1.82) is 5.26 Å². The lowest BCUT2D eigenvalue weighted by Crippen LogP contribution is -2.14. The van der Waals surface area contributed by atoms with Crippen molar-refractivity contribution in [3.05, 3.63) is 11.3 Å². The maximum atomic E-state index is 8.88. The third-order valence-corrected chi connectivity index (χ3v) is 1.76. The molecule has 0 bridgehead atoms. The van der Waals surface area contributed by atoms with Crippen molar-refractivity contribution < 1.29 is 0 Å². The Morgan fingerprint density at radius 2 is 2.15 bits per heavy atom. The Hall–Kier alpha value is -1.54. The second kappa shape index (κ2) is 3.07. The van der Waals surface area contributed by atoms with Gasteiger partial charge in [-0.05, 0) is 0 Å². The first kappa shape index (κ1) is 9.55. The molecule has 0 saturated carbocycles. The largest absolute Gasteiger partial charge is 0.306 e. The first-order valence-corrected chi connectivity index (χ1v) is 3.96. The van der Waals surface area contributed by atoms with E-state index in [1.54, 1.807) is 0 Å². The lowest BCUT2D eigenvalue weighted by atomic mass is 9.90. The summed E-state index contributed by atoms with van der Waals surface area (Å²) < 4.78 is 0. The molecule has 4 N–H and O–H groups in total. The van der Waals surface area contributed by atoms with Gasteiger partial charge in [-0.1, -0.05) is 20.8 Å². The second-order valence-corrected chi connectivity index (χ2v) is 3.83. The molecule has 0 saturated heterocycles. The number of nitrogen functional groups attached to an aromatic ring is 1. The maximum Gasteiger partial charge on any atom is 0.180 e. The summed E-state index contributed by atoms with van der Waals surface area (Å²) in [4.78, 5) is 0. The number of aromatic nitrogens is 2. The van der Waals surface area contributed by atoms with Crippen LogP contribution in [0.4, 0.5) is 5.82 Å². The van der Waals surface area contributed by atoms with Crippen molar-refractivity contribution in [2.24, 2.45) is 5.84 Å². The molecule has 1 aromatic rings. The van der Waals surface area contributed by atoms with Crippen LogP contribution >= 0.6 is 0 Å². The van der Waals surface area contributed by atoms with Gasteiger partial charge in [-0.3, -0.25) is 5.10 Å². The molecule has 1 heterocycles. The van der Waals surface area contributed by atoms with E-state index in [-0.39, 0.29) is 5.41 Å². The molecule has 0 amide bonds. The van der Waals surface area contributed by atoms with E-state index in [2.05, 4.69) is 21.7 Å². The van der Waals surface area contributed by atoms with Crippen molar-refractivity contribution in [3.63, 3.8) is 0 Å². The van der Waals surface area contributed by atoms with Crippen LogP contribution in [-0.2, 0) is 5.41 Å². The van der Waals surface area contributed by atoms with Crippen molar-refractivity contribution >= 4 is 5.82 Å². The monoisotopic (exact) mass is 179 g/mol. The normalized spacial score (nSPS) is 11.0. The van der Waals surface area contributed by atoms with Gasteiger partial charge in [-0.2, -0.15) is 10.4 Å². The third kappa shape index (κ3) is 1.63. The molecule has 5 heteroatoms. The van der Waals surface area contributed by atoms with E-state index >= 15 is 0 Å². The zero-order valence-corrected chi connectivity index (χ0v) is 7.97. The Morgan fingerprint density at radius 1 is 1.54 bits per heavy atom. The predicted molar refractivity (Wildman–Crippen MR) is 49.8 cm³/mol. The Bertz CT molecular complexity index is 338. The smallest absolute Gasteiger partial charge is 0.180 e. The Balaban J connectivity index is 3.26. The number of hydrogen-bond donors (Lipinski definition) is 3. The van der Waals surface area contributed by atoms with Crippen LogP contribution in [0.2, 0.25) is 0 Å². The van der Waals surface area contributed by atoms with Crippen molar-refractivity contribution in [3.8, 4) is 6.07 Å². The van der Waals surface area contributed by atoms with E-state index in [1.165, 1.54) is 0 Å². The van der Waals surface area contributed by atoms with E-state index in [9.17, 15) is 0 Å². The predicted octanol–water partition coefficient (Wildman–Crippen LogP) is 0.864. The molecule has 1 aromatic heterocycles. The number of hydrogen-bond acceptors (Lipinski definition) is 4. The number of nitriles is 1. The fourth-order valence-corrected chi connectivity index (χ4v) is 1.10. The minimum absolute atomic E-state index is 0.132. The van der Waals surface area contributed by atoms with Gasteiger partial charge < -0.3 is 5.43 Å². The van der Waals surface area contributed by atoms with Crippen LogP contribution in [0.25, 0.3) is 0 Å². The van der Waals surface area contributed by atoms with E-state index in [0.29, 0.717) is 11.4 Å². The Labute approximate surface area is 76.9 Å². The average Bonchev–Trinajstić information content (AvgIpc) is 2.45. The number of aromatic amines is 1. The summed E-state index contributed by atoms with van der Waals surface area (Å²) in [5.74, 6) is 5.59. The number of nitrogens with two attached hydrogens (primary N) is 1. The fourth-order valence-electron chi connectivity index (χ4n) is 1.10. The number of H-pyrrole nitrogens is 1. The summed E-state index contributed by atoms with van der Waals surface area (Å²) in [7, 11) is 0. The molecule has 1 rings (SSSR count). The topological polar surface area (TPSA) is 90.5 Å². The highest BCUT2D eigenvalue weighted by molar-refractivity contribution is 5.55. The van der Waals surface area contributed by atoms with Crippen LogP contribution in [0.1, 0.15) is 32.0 Å². The van der Waals surface area contributed by atoms with Gasteiger partial charge in [0, 0.05) is 5.41 Å². The molecule has 0 aromatic carbocycles. The van der Waals surface area contributed by atoms with Crippen LogP contribution in [0.15, 0.2) is 0 Å². The molecule has 0 radical (unpaired) electrons. The van der Waals surface area contributed by atoms with E-state index < -0.39 is 0 Å². The van der Waals surface area contributed by atoms with Crippen LogP contribution in [0.3, 0.4) is 0 Å². The minimum atomic E-state index is -0.132. The van der Waals surface area contributed by atoms with Gasteiger partial charge in [0.2, 0.25) is 0 Å². The van der Waals surface area contributed by atoms with Gasteiger partial charge in [-0.25, -0.2) is 5.84 Å². The summed E-state index contributed by atoms with van der Waals surface area (Å²) in [5, 5.41) is 15.6. The molecular weight excluding hydrogens is 166 g/mol. The summed E-state index contributed by atoms with van der Waals surface area (Å²) in [5.41, 5.74) is 3.52. The molecule has 0 fully saturated rings. The van der Waals surface area contributed by atoms with Gasteiger partial charge >= 0.3 is 0 Å². The average molecular weight is 179 g/mol. The molecule has 0 unspecified atom stereocenters. The number of rotatable bonds is 1. The lowest BCUT2D eigenvalue weighted by Gasteiger charge is -2.15. The zero-order valence-electron chi connectivity index (χ0n) is 7.97. The summed E-state index contributed by atoms with van der Waals surface area (Å²) in [6.07, 6.45) is 0. The number of nitrogens with zero attached hydrogens (tertiary/aromatic N) is 2. The molecule has 5 nitrogen and oxygen atoms in total. The first-order valence-electron chi connectivity index (χ1n) is 3.96. The highest BCUT2D eigenvalue weighted by Gasteiger charge is 2.23. The van der Waals surface area contributed by atoms with E-state index in [0.717, 1.165) is 5.69 Å². The first-order chi connectivity index (χ1) is 6.00. The second-order valence-electron chi connectivity index (χ2n) is 3.83. The van der Waals surface area contributed by atoms with Gasteiger partial charge in [0.25, 0.3) is 0 Å². The molecule has 0 aliphatic carbocycles. The number of hydrazine groups is 1. The van der Waals surface area contributed by atoms with Crippen LogP contribution < -0.4 is 11.3 Å². The third-order valence-electron chi connectivity index (χ3n) is 1.76. The van der Waals surface area contributed by atoms with Gasteiger partial charge in [0.05, 0.1) is 5.69 Å². The molecule has 70 valence electrons. The molecule has 0 spiro atoms.